The Morgan fingerprint density at radius 2 is 1.89 bits per heavy atom. The molecule has 1 aromatic carbocycles. The molecule has 0 amide bonds. The molecule has 2 rings (SSSR count). The Balaban J connectivity index is 2.29. The molecule has 0 fully saturated rings. The lowest BCUT2D eigenvalue weighted by molar-refractivity contribution is 0.417. The Kier molecular flexibility index (Phi) is 3.77. The van der Waals surface area contributed by atoms with Crippen molar-refractivity contribution in [3.05, 3.63) is 59.1 Å². The van der Waals surface area contributed by atoms with Crippen molar-refractivity contribution in [2.75, 3.05) is 7.05 Å². The summed E-state index contributed by atoms with van der Waals surface area (Å²) in [5.41, 5.74) is 1.04. The lowest BCUT2D eigenvalue weighted by Crippen LogP contribution is -2.20. The third-order valence-corrected chi connectivity index (χ3v) is 3.04. The fourth-order valence-electron chi connectivity index (χ4n) is 2.00. The molecule has 0 saturated carbocycles. The highest BCUT2D eigenvalue weighted by molar-refractivity contribution is 5.25. The second-order valence-electron chi connectivity index (χ2n) is 4.21. The first-order valence-electron chi connectivity index (χ1n) is 5.77. The van der Waals surface area contributed by atoms with E-state index in [0.29, 0.717) is 5.76 Å². The second kappa shape index (κ2) is 5.31. The van der Waals surface area contributed by atoms with E-state index < -0.39 is 11.6 Å². The molecule has 0 aliphatic carbocycles. The molecule has 0 saturated heterocycles. The molecular formula is C14H15F2NO. The number of hydrogen-bond donors (Lipinski definition) is 1. The monoisotopic (exact) mass is 251 g/mol. The third kappa shape index (κ3) is 2.43. The quantitative estimate of drug-likeness (QED) is 0.901. The third-order valence-electron chi connectivity index (χ3n) is 3.04. The summed E-state index contributed by atoms with van der Waals surface area (Å²) < 4.78 is 32.5. The summed E-state index contributed by atoms with van der Waals surface area (Å²) in [5, 5.41) is 3.02. The van der Waals surface area contributed by atoms with Crippen molar-refractivity contribution in [1.82, 2.24) is 5.32 Å². The summed E-state index contributed by atoms with van der Waals surface area (Å²) in [6.45, 7) is 1.90. The number of likely N-dealkylation sites (N-methyl/N-ethyl adjacent to an activating group) is 1. The van der Waals surface area contributed by atoms with Gasteiger partial charge in [-0.15, -0.1) is 0 Å². The van der Waals surface area contributed by atoms with Crippen LogP contribution in [-0.2, 0) is 6.42 Å². The van der Waals surface area contributed by atoms with Gasteiger partial charge < -0.3 is 9.73 Å². The fourth-order valence-corrected chi connectivity index (χ4v) is 2.00. The van der Waals surface area contributed by atoms with E-state index in [0.717, 1.165) is 5.56 Å². The van der Waals surface area contributed by atoms with E-state index in [4.69, 9.17) is 4.42 Å². The van der Waals surface area contributed by atoms with Crippen molar-refractivity contribution in [2.24, 2.45) is 0 Å². The maximum atomic E-state index is 13.6. The molecule has 2 aromatic rings. The van der Waals surface area contributed by atoms with Crippen LogP contribution in [-0.4, -0.2) is 7.05 Å². The van der Waals surface area contributed by atoms with Crippen LogP contribution in [0.1, 0.15) is 22.9 Å². The van der Waals surface area contributed by atoms with E-state index in [9.17, 15) is 8.78 Å². The van der Waals surface area contributed by atoms with E-state index in [2.05, 4.69) is 5.32 Å². The molecular weight excluding hydrogens is 236 g/mol. The first-order valence-corrected chi connectivity index (χ1v) is 5.77. The lowest BCUT2D eigenvalue weighted by atomic mass is 10.0. The number of rotatable bonds is 4. The van der Waals surface area contributed by atoms with Gasteiger partial charge >= 0.3 is 0 Å². The number of aryl methyl sites for hydroxylation is 1. The molecule has 1 unspecified atom stereocenters. The second-order valence-corrected chi connectivity index (χ2v) is 4.21. The zero-order chi connectivity index (χ0) is 13.1. The Morgan fingerprint density at radius 3 is 2.39 bits per heavy atom. The number of benzene rings is 1. The van der Waals surface area contributed by atoms with Gasteiger partial charge in [0.25, 0.3) is 0 Å². The molecule has 1 aromatic heterocycles. The van der Waals surface area contributed by atoms with Crippen LogP contribution >= 0.6 is 0 Å². The molecule has 96 valence electrons. The molecule has 18 heavy (non-hydrogen) atoms. The molecule has 0 spiro atoms. The maximum Gasteiger partial charge on any atom is 0.129 e. The van der Waals surface area contributed by atoms with Crippen LogP contribution in [0.25, 0.3) is 0 Å². The summed E-state index contributed by atoms with van der Waals surface area (Å²) in [5.74, 6) is -0.348. The standard InChI is InChI=1S/C14H15F2NO/c1-9-6-7-18-14(9)13(17-2)8-10-11(15)4-3-5-12(10)16/h3-7,13,17H,8H2,1-2H3. The maximum absolute atomic E-state index is 13.6. The minimum Gasteiger partial charge on any atom is -0.467 e. The predicted octanol–water partition coefficient (Wildman–Crippen LogP) is 3.37. The van der Waals surface area contributed by atoms with Gasteiger partial charge in [-0.25, -0.2) is 8.78 Å². The van der Waals surface area contributed by atoms with E-state index in [1.54, 1.807) is 13.3 Å². The Bertz CT molecular complexity index is 516. The van der Waals surface area contributed by atoms with Crippen molar-refractivity contribution in [3.63, 3.8) is 0 Å². The van der Waals surface area contributed by atoms with Crippen LogP contribution in [0.4, 0.5) is 8.78 Å². The lowest BCUT2D eigenvalue weighted by Gasteiger charge is -2.15. The zero-order valence-electron chi connectivity index (χ0n) is 10.3. The largest absolute Gasteiger partial charge is 0.467 e. The molecule has 0 aliphatic heterocycles. The smallest absolute Gasteiger partial charge is 0.129 e. The van der Waals surface area contributed by atoms with Crippen molar-refractivity contribution in [3.8, 4) is 0 Å². The van der Waals surface area contributed by atoms with Crippen molar-refractivity contribution in [2.45, 2.75) is 19.4 Å². The Labute approximate surface area is 105 Å². The van der Waals surface area contributed by atoms with Crippen molar-refractivity contribution in [1.29, 1.82) is 0 Å². The highest BCUT2D eigenvalue weighted by Gasteiger charge is 2.19. The minimum atomic E-state index is -0.528. The SMILES string of the molecule is CNC(Cc1c(F)cccc1F)c1occc1C. The molecule has 1 heterocycles. The summed E-state index contributed by atoms with van der Waals surface area (Å²) >= 11 is 0. The van der Waals surface area contributed by atoms with Crippen LogP contribution in [0.5, 0.6) is 0 Å². The average Bonchev–Trinajstić information content (AvgIpc) is 2.76. The normalized spacial score (nSPS) is 12.7. The fraction of sp³-hybridized carbons (Fsp3) is 0.286. The molecule has 0 aliphatic rings. The Hall–Kier alpha value is -1.68. The van der Waals surface area contributed by atoms with Crippen LogP contribution in [0.3, 0.4) is 0 Å². The first kappa shape index (κ1) is 12.8. The van der Waals surface area contributed by atoms with Crippen molar-refractivity contribution >= 4 is 0 Å². The summed E-state index contributed by atoms with van der Waals surface area (Å²) in [4.78, 5) is 0. The summed E-state index contributed by atoms with van der Waals surface area (Å²) in [6, 6.07) is 5.48. The van der Waals surface area contributed by atoms with Crippen LogP contribution in [0.15, 0.2) is 34.9 Å². The highest BCUT2D eigenvalue weighted by atomic mass is 19.1. The van der Waals surface area contributed by atoms with Gasteiger partial charge in [0.15, 0.2) is 0 Å². The molecule has 2 nitrogen and oxygen atoms in total. The molecule has 4 heteroatoms. The predicted molar refractivity (Wildman–Crippen MR) is 65.3 cm³/mol. The molecule has 0 radical (unpaired) electrons. The van der Waals surface area contributed by atoms with Gasteiger partial charge in [-0.05, 0) is 37.7 Å². The van der Waals surface area contributed by atoms with Gasteiger partial charge in [0.05, 0.1) is 12.3 Å². The van der Waals surface area contributed by atoms with E-state index in [1.807, 2.05) is 13.0 Å². The van der Waals surface area contributed by atoms with Crippen LogP contribution in [0.2, 0.25) is 0 Å². The molecule has 0 bridgehead atoms. The van der Waals surface area contributed by atoms with Gasteiger partial charge in [0.1, 0.15) is 17.4 Å². The van der Waals surface area contributed by atoms with Gasteiger partial charge in [-0.1, -0.05) is 6.07 Å². The van der Waals surface area contributed by atoms with E-state index in [-0.39, 0.29) is 18.0 Å². The minimum absolute atomic E-state index is 0.0765. The average molecular weight is 251 g/mol. The number of hydrogen-bond acceptors (Lipinski definition) is 2. The van der Waals surface area contributed by atoms with Crippen molar-refractivity contribution < 1.29 is 13.2 Å². The van der Waals surface area contributed by atoms with Crippen LogP contribution < -0.4 is 5.32 Å². The zero-order valence-corrected chi connectivity index (χ0v) is 10.3. The number of furan rings is 1. The molecule has 1 atom stereocenters. The topological polar surface area (TPSA) is 25.2 Å². The summed E-state index contributed by atoms with van der Waals surface area (Å²) in [6.07, 6.45) is 1.79. The summed E-state index contributed by atoms with van der Waals surface area (Å²) in [7, 11) is 1.74. The van der Waals surface area contributed by atoms with E-state index in [1.165, 1.54) is 18.2 Å². The van der Waals surface area contributed by atoms with E-state index >= 15 is 0 Å². The first-order chi connectivity index (χ1) is 8.63. The van der Waals surface area contributed by atoms with Gasteiger partial charge in [-0.3, -0.25) is 0 Å². The van der Waals surface area contributed by atoms with Gasteiger partial charge in [0, 0.05) is 12.0 Å². The van der Waals surface area contributed by atoms with Crippen LogP contribution in [0, 0.1) is 18.6 Å². The number of halogens is 2. The van der Waals surface area contributed by atoms with Gasteiger partial charge in [-0.2, -0.15) is 0 Å². The Morgan fingerprint density at radius 1 is 1.22 bits per heavy atom. The molecule has 1 N–H and O–H groups in total. The van der Waals surface area contributed by atoms with Gasteiger partial charge in [0.2, 0.25) is 0 Å². The highest BCUT2D eigenvalue weighted by Crippen LogP contribution is 2.24. The number of nitrogens with one attached hydrogen (secondary N) is 1.